The molecule has 1 aromatic carbocycles. The molecule has 0 bridgehead atoms. The van der Waals surface area contributed by atoms with Crippen molar-refractivity contribution in [2.45, 2.75) is 25.9 Å². The van der Waals surface area contributed by atoms with Gasteiger partial charge in [-0.1, -0.05) is 6.92 Å². The first kappa shape index (κ1) is 13.3. The summed E-state index contributed by atoms with van der Waals surface area (Å²) < 4.78 is 7.49. The van der Waals surface area contributed by atoms with E-state index in [0.717, 1.165) is 46.8 Å². The minimum Gasteiger partial charge on any atom is -0.497 e. The van der Waals surface area contributed by atoms with Crippen molar-refractivity contribution in [3.63, 3.8) is 0 Å². The molecule has 0 fully saturated rings. The first-order valence-electron chi connectivity index (χ1n) is 7.51. The zero-order valence-electron chi connectivity index (χ0n) is 12.7. The average molecular weight is 297 g/mol. The lowest BCUT2D eigenvalue weighted by molar-refractivity contribution is 0.348. The summed E-state index contributed by atoms with van der Waals surface area (Å²) in [6, 6.07) is 5.94. The summed E-state index contributed by atoms with van der Waals surface area (Å²) in [7, 11) is 1.67. The summed E-state index contributed by atoms with van der Waals surface area (Å²) >= 11 is 0. The lowest BCUT2D eigenvalue weighted by Crippen LogP contribution is -2.27. The van der Waals surface area contributed by atoms with Gasteiger partial charge >= 0.3 is 0 Å². The van der Waals surface area contributed by atoms with E-state index in [9.17, 15) is 0 Å². The number of nitrogens with one attached hydrogen (secondary N) is 1. The molecule has 1 aliphatic rings. The molecule has 3 N–H and O–H groups in total. The second-order valence-electron chi connectivity index (χ2n) is 6.05. The number of nitrogens with zero attached hydrogens (tertiary/aromatic N) is 3. The summed E-state index contributed by atoms with van der Waals surface area (Å²) in [5.41, 5.74) is 8.30. The molecule has 6 nitrogen and oxygen atoms in total. The minimum absolute atomic E-state index is 0.0373. The maximum Gasteiger partial charge on any atom is 0.166 e. The Morgan fingerprint density at radius 2 is 2.23 bits per heavy atom. The number of benzene rings is 1. The maximum atomic E-state index is 6.21. The van der Waals surface area contributed by atoms with Crippen LogP contribution < -0.4 is 10.5 Å². The van der Waals surface area contributed by atoms with Crippen molar-refractivity contribution >= 4 is 10.9 Å². The van der Waals surface area contributed by atoms with Crippen LogP contribution >= 0.6 is 0 Å². The molecule has 4 rings (SSSR count). The third-order valence-corrected chi connectivity index (χ3v) is 4.39. The highest BCUT2D eigenvalue weighted by Gasteiger charge is 2.27. The van der Waals surface area contributed by atoms with Gasteiger partial charge in [-0.3, -0.25) is 0 Å². The van der Waals surface area contributed by atoms with Crippen LogP contribution in [0.15, 0.2) is 24.4 Å². The molecule has 3 heterocycles. The molecule has 0 saturated heterocycles. The number of methoxy groups -OCH3 is 1. The number of rotatable bonds is 2. The van der Waals surface area contributed by atoms with Crippen LogP contribution in [0, 0.1) is 5.92 Å². The van der Waals surface area contributed by atoms with E-state index in [1.807, 2.05) is 24.4 Å². The zero-order valence-corrected chi connectivity index (χ0v) is 12.7. The second-order valence-corrected chi connectivity index (χ2v) is 6.05. The van der Waals surface area contributed by atoms with Crippen LogP contribution in [0.2, 0.25) is 0 Å². The van der Waals surface area contributed by atoms with E-state index in [0.29, 0.717) is 5.92 Å². The Labute approximate surface area is 128 Å². The first-order valence-corrected chi connectivity index (χ1v) is 7.51. The summed E-state index contributed by atoms with van der Waals surface area (Å²) in [6.45, 7) is 3.12. The van der Waals surface area contributed by atoms with Crippen molar-refractivity contribution in [2.75, 3.05) is 7.11 Å². The van der Waals surface area contributed by atoms with Gasteiger partial charge in [0.25, 0.3) is 0 Å². The number of aromatic nitrogens is 4. The van der Waals surface area contributed by atoms with E-state index >= 15 is 0 Å². The average Bonchev–Trinajstić information content (AvgIpc) is 3.09. The van der Waals surface area contributed by atoms with Gasteiger partial charge in [-0.15, -0.1) is 10.2 Å². The summed E-state index contributed by atoms with van der Waals surface area (Å²) in [5, 5.41) is 9.81. The Kier molecular flexibility index (Phi) is 2.94. The Balaban J connectivity index is 1.90. The number of fused-ring (bicyclic) bond motifs is 2. The van der Waals surface area contributed by atoms with Crippen LogP contribution in [0.3, 0.4) is 0 Å². The Morgan fingerprint density at radius 1 is 1.36 bits per heavy atom. The molecule has 2 unspecified atom stereocenters. The molecule has 0 amide bonds. The lowest BCUT2D eigenvalue weighted by atomic mass is 9.97. The molecule has 0 radical (unpaired) electrons. The standard InChI is InChI=1S/C16H19N5O/c1-9-5-13(17)16-20-19-15(21(16)8-9)12-7-18-14-4-3-10(22-2)6-11(12)14/h3-4,6-7,9,13,18H,5,8,17H2,1-2H3. The van der Waals surface area contributed by atoms with Crippen molar-refractivity contribution in [1.29, 1.82) is 0 Å². The molecule has 114 valence electrons. The molecular formula is C16H19N5O. The van der Waals surface area contributed by atoms with Gasteiger partial charge in [-0.25, -0.2) is 0 Å². The van der Waals surface area contributed by atoms with Crippen LogP contribution in [0.25, 0.3) is 22.3 Å². The number of aromatic amines is 1. The largest absolute Gasteiger partial charge is 0.497 e. The predicted molar refractivity (Wildman–Crippen MR) is 84.6 cm³/mol. The summed E-state index contributed by atoms with van der Waals surface area (Å²) in [5.74, 6) is 3.11. The Morgan fingerprint density at radius 3 is 3.05 bits per heavy atom. The summed E-state index contributed by atoms with van der Waals surface area (Å²) in [4.78, 5) is 3.29. The first-order chi connectivity index (χ1) is 10.7. The van der Waals surface area contributed by atoms with E-state index in [2.05, 4.69) is 26.7 Å². The fraction of sp³-hybridized carbons (Fsp3) is 0.375. The number of hydrogen-bond acceptors (Lipinski definition) is 4. The maximum absolute atomic E-state index is 6.21. The Hall–Kier alpha value is -2.34. The topological polar surface area (TPSA) is 81.8 Å². The fourth-order valence-corrected chi connectivity index (χ4v) is 3.31. The Bertz CT molecular complexity index is 834. The van der Waals surface area contributed by atoms with Crippen LogP contribution in [-0.2, 0) is 6.54 Å². The smallest absolute Gasteiger partial charge is 0.166 e. The van der Waals surface area contributed by atoms with E-state index in [-0.39, 0.29) is 6.04 Å². The molecular weight excluding hydrogens is 278 g/mol. The molecule has 22 heavy (non-hydrogen) atoms. The van der Waals surface area contributed by atoms with E-state index < -0.39 is 0 Å². The normalized spacial score (nSPS) is 21.0. The zero-order chi connectivity index (χ0) is 15.3. The number of ether oxygens (including phenoxy) is 1. The molecule has 2 atom stereocenters. The van der Waals surface area contributed by atoms with E-state index in [4.69, 9.17) is 10.5 Å². The van der Waals surface area contributed by atoms with Gasteiger partial charge in [0.15, 0.2) is 5.82 Å². The quantitative estimate of drug-likeness (QED) is 0.761. The number of hydrogen-bond donors (Lipinski definition) is 2. The highest BCUT2D eigenvalue weighted by Crippen LogP contribution is 2.34. The molecule has 0 saturated carbocycles. The van der Waals surface area contributed by atoms with Gasteiger partial charge in [-0.2, -0.15) is 0 Å². The van der Waals surface area contributed by atoms with Gasteiger partial charge < -0.3 is 20.0 Å². The minimum atomic E-state index is -0.0373. The highest BCUT2D eigenvalue weighted by molar-refractivity contribution is 5.94. The van der Waals surface area contributed by atoms with Crippen molar-refractivity contribution in [1.82, 2.24) is 19.7 Å². The molecule has 2 aromatic heterocycles. The predicted octanol–water partition coefficient (Wildman–Crippen LogP) is 2.47. The van der Waals surface area contributed by atoms with Crippen molar-refractivity contribution in [3.8, 4) is 17.1 Å². The van der Waals surface area contributed by atoms with Crippen LogP contribution in [0.5, 0.6) is 5.75 Å². The van der Waals surface area contributed by atoms with Gasteiger partial charge in [0.05, 0.1) is 13.2 Å². The van der Waals surface area contributed by atoms with Crippen molar-refractivity contribution < 1.29 is 4.74 Å². The van der Waals surface area contributed by atoms with Gasteiger partial charge in [0, 0.05) is 29.2 Å². The molecule has 3 aromatic rings. The lowest BCUT2D eigenvalue weighted by Gasteiger charge is -2.25. The van der Waals surface area contributed by atoms with Crippen LogP contribution in [0.4, 0.5) is 0 Å². The van der Waals surface area contributed by atoms with Crippen LogP contribution in [0.1, 0.15) is 25.2 Å². The second kappa shape index (κ2) is 4.84. The van der Waals surface area contributed by atoms with Crippen molar-refractivity contribution in [2.24, 2.45) is 11.7 Å². The van der Waals surface area contributed by atoms with Gasteiger partial charge in [0.1, 0.15) is 11.6 Å². The van der Waals surface area contributed by atoms with Crippen molar-refractivity contribution in [3.05, 3.63) is 30.2 Å². The van der Waals surface area contributed by atoms with E-state index in [1.54, 1.807) is 7.11 Å². The fourth-order valence-electron chi connectivity index (χ4n) is 3.31. The van der Waals surface area contributed by atoms with Crippen LogP contribution in [-0.4, -0.2) is 26.9 Å². The van der Waals surface area contributed by atoms with E-state index in [1.165, 1.54) is 0 Å². The third-order valence-electron chi connectivity index (χ3n) is 4.39. The number of nitrogens with two attached hydrogens (primary N) is 1. The number of H-pyrrole nitrogens is 1. The molecule has 1 aliphatic heterocycles. The molecule has 0 aliphatic carbocycles. The SMILES string of the molecule is COc1ccc2[nH]cc(-c3nnc4n3CC(C)CC4N)c2c1. The van der Waals surface area contributed by atoms with Gasteiger partial charge in [-0.05, 0) is 30.5 Å². The molecule has 6 heteroatoms. The highest BCUT2D eigenvalue weighted by atomic mass is 16.5. The summed E-state index contributed by atoms with van der Waals surface area (Å²) in [6.07, 6.45) is 2.94. The third kappa shape index (κ3) is 1.91. The molecule has 0 spiro atoms. The monoisotopic (exact) mass is 297 g/mol. The van der Waals surface area contributed by atoms with Gasteiger partial charge in [0.2, 0.25) is 0 Å².